The van der Waals surface area contributed by atoms with Gasteiger partial charge in [0.2, 0.25) is 5.91 Å². The van der Waals surface area contributed by atoms with Crippen molar-refractivity contribution < 1.29 is 9.53 Å². The van der Waals surface area contributed by atoms with Crippen molar-refractivity contribution >= 4 is 5.91 Å². The van der Waals surface area contributed by atoms with Crippen LogP contribution in [0.4, 0.5) is 0 Å². The van der Waals surface area contributed by atoms with Crippen LogP contribution in [0.3, 0.4) is 0 Å². The van der Waals surface area contributed by atoms with Crippen LogP contribution in [0.5, 0.6) is 5.75 Å². The zero-order valence-corrected chi connectivity index (χ0v) is 11.2. The van der Waals surface area contributed by atoms with E-state index in [1.807, 2.05) is 24.3 Å². The molecule has 4 nitrogen and oxygen atoms in total. The molecule has 1 aromatic carbocycles. The van der Waals surface area contributed by atoms with E-state index < -0.39 is 0 Å². The highest BCUT2D eigenvalue weighted by atomic mass is 16.5. The SMILES string of the molecule is NCCNC(=O)Cc1ccc(OC2CCCC2)cc1. The molecule has 0 unspecified atom stereocenters. The van der Waals surface area contributed by atoms with E-state index in [1.165, 1.54) is 12.8 Å². The van der Waals surface area contributed by atoms with Crippen LogP contribution in [0.25, 0.3) is 0 Å². The molecule has 0 aliphatic heterocycles. The molecule has 3 N–H and O–H groups in total. The lowest BCUT2D eigenvalue weighted by Crippen LogP contribution is -2.30. The predicted octanol–water partition coefficient (Wildman–Crippen LogP) is 1.63. The van der Waals surface area contributed by atoms with Crippen LogP contribution in [0.1, 0.15) is 31.2 Å². The molecule has 0 saturated heterocycles. The Morgan fingerprint density at radius 1 is 1.26 bits per heavy atom. The summed E-state index contributed by atoms with van der Waals surface area (Å²) in [5, 5.41) is 2.76. The summed E-state index contributed by atoms with van der Waals surface area (Å²) in [6.45, 7) is 1.00. The van der Waals surface area contributed by atoms with Crippen molar-refractivity contribution in [1.82, 2.24) is 5.32 Å². The van der Waals surface area contributed by atoms with Gasteiger partial charge in [-0.15, -0.1) is 0 Å². The molecule has 4 heteroatoms. The standard InChI is InChI=1S/C15H22N2O2/c16-9-10-17-15(18)11-12-5-7-14(8-6-12)19-13-3-1-2-4-13/h5-8,13H,1-4,9-11,16H2,(H,17,18). The molecule has 1 fully saturated rings. The third kappa shape index (κ3) is 4.56. The van der Waals surface area contributed by atoms with Gasteiger partial charge in [0, 0.05) is 13.1 Å². The second kappa shape index (κ2) is 7.14. The number of nitrogens with two attached hydrogens (primary N) is 1. The second-order valence-electron chi connectivity index (χ2n) is 4.98. The van der Waals surface area contributed by atoms with Gasteiger partial charge in [0.15, 0.2) is 0 Å². The summed E-state index contributed by atoms with van der Waals surface area (Å²) in [7, 11) is 0. The summed E-state index contributed by atoms with van der Waals surface area (Å²) in [4.78, 5) is 11.5. The highest BCUT2D eigenvalue weighted by Gasteiger charge is 2.16. The first kappa shape index (κ1) is 13.9. The number of hydrogen-bond acceptors (Lipinski definition) is 3. The highest BCUT2D eigenvalue weighted by Crippen LogP contribution is 2.24. The Morgan fingerprint density at radius 2 is 1.95 bits per heavy atom. The van der Waals surface area contributed by atoms with E-state index in [2.05, 4.69) is 5.32 Å². The Hall–Kier alpha value is -1.55. The molecule has 1 amide bonds. The molecule has 1 aliphatic carbocycles. The third-order valence-corrected chi connectivity index (χ3v) is 3.36. The van der Waals surface area contributed by atoms with Crippen LogP contribution in [-0.4, -0.2) is 25.1 Å². The fourth-order valence-corrected chi connectivity index (χ4v) is 2.34. The first-order valence-electron chi connectivity index (χ1n) is 7.00. The molecule has 0 aromatic heterocycles. The molecule has 2 rings (SSSR count). The Morgan fingerprint density at radius 3 is 2.58 bits per heavy atom. The van der Waals surface area contributed by atoms with Crippen molar-refractivity contribution in [2.75, 3.05) is 13.1 Å². The molecule has 104 valence electrons. The Labute approximate surface area is 114 Å². The monoisotopic (exact) mass is 262 g/mol. The van der Waals surface area contributed by atoms with Gasteiger partial charge in [0.25, 0.3) is 0 Å². The molecule has 0 spiro atoms. The number of benzene rings is 1. The Bertz CT molecular complexity index is 397. The van der Waals surface area contributed by atoms with Crippen LogP contribution in [0.2, 0.25) is 0 Å². The average molecular weight is 262 g/mol. The number of rotatable bonds is 6. The number of ether oxygens (including phenoxy) is 1. The van der Waals surface area contributed by atoms with Crippen molar-refractivity contribution in [3.8, 4) is 5.75 Å². The second-order valence-corrected chi connectivity index (χ2v) is 4.98. The molecule has 19 heavy (non-hydrogen) atoms. The zero-order valence-electron chi connectivity index (χ0n) is 11.2. The molecule has 1 aromatic rings. The molecule has 1 saturated carbocycles. The minimum absolute atomic E-state index is 0.00918. The minimum Gasteiger partial charge on any atom is -0.490 e. The van der Waals surface area contributed by atoms with Gasteiger partial charge in [-0.05, 0) is 43.4 Å². The average Bonchev–Trinajstić information content (AvgIpc) is 2.91. The number of amides is 1. The van der Waals surface area contributed by atoms with Crippen LogP contribution in [0, 0.1) is 0 Å². The minimum atomic E-state index is 0.00918. The number of hydrogen-bond donors (Lipinski definition) is 2. The Kier molecular flexibility index (Phi) is 5.21. The van der Waals surface area contributed by atoms with Gasteiger partial charge >= 0.3 is 0 Å². The van der Waals surface area contributed by atoms with E-state index >= 15 is 0 Å². The van der Waals surface area contributed by atoms with Gasteiger partial charge in [-0.2, -0.15) is 0 Å². The fraction of sp³-hybridized carbons (Fsp3) is 0.533. The quantitative estimate of drug-likeness (QED) is 0.819. The van der Waals surface area contributed by atoms with Crippen LogP contribution >= 0.6 is 0 Å². The van der Waals surface area contributed by atoms with Gasteiger partial charge in [-0.1, -0.05) is 12.1 Å². The number of carbonyl (C=O) groups excluding carboxylic acids is 1. The lowest BCUT2D eigenvalue weighted by atomic mass is 10.1. The predicted molar refractivity (Wildman–Crippen MR) is 75.1 cm³/mol. The Balaban J connectivity index is 1.82. The molecular formula is C15H22N2O2. The smallest absolute Gasteiger partial charge is 0.224 e. The normalized spacial score (nSPS) is 15.4. The first-order valence-corrected chi connectivity index (χ1v) is 7.00. The largest absolute Gasteiger partial charge is 0.490 e. The van der Waals surface area contributed by atoms with E-state index in [0.29, 0.717) is 25.6 Å². The van der Waals surface area contributed by atoms with E-state index in [4.69, 9.17) is 10.5 Å². The van der Waals surface area contributed by atoms with E-state index in [0.717, 1.165) is 24.2 Å². The summed E-state index contributed by atoms with van der Waals surface area (Å²) < 4.78 is 5.88. The molecule has 1 aliphatic rings. The molecular weight excluding hydrogens is 240 g/mol. The van der Waals surface area contributed by atoms with Gasteiger partial charge in [-0.3, -0.25) is 4.79 Å². The lowest BCUT2D eigenvalue weighted by molar-refractivity contribution is -0.120. The van der Waals surface area contributed by atoms with Crippen molar-refractivity contribution in [2.45, 2.75) is 38.2 Å². The first-order chi connectivity index (χ1) is 9.28. The van der Waals surface area contributed by atoms with Crippen molar-refractivity contribution in [1.29, 1.82) is 0 Å². The van der Waals surface area contributed by atoms with E-state index in [1.54, 1.807) is 0 Å². The maximum atomic E-state index is 11.5. The highest BCUT2D eigenvalue weighted by molar-refractivity contribution is 5.78. The number of nitrogens with one attached hydrogen (secondary N) is 1. The zero-order chi connectivity index (χ0) is 13.5. The van der Waals surface area contributed by atoms with Gasteiger partial charge in [0.1, 0.15) is 5.75 Å². The van der Waals surface area contributed by atoms with Crippen LogP contribution in [-0.2, 0) is 11.2 Å². The summed E-state index contributed by atoms with van der Waals surface area (Å²) in [5.41, 5.74) is 6.33. The summed E-state index contributed by atoms with van der Waals surface area (Å²) in [5.74, 6) is 0.910. The summed E-state index contributed by atoms with van der Waals surface area (Å²) in [6.07, 6.45) is 5.61. The maximum absolute atomic E-state index is 11.5. The van der Waals surface area contributed by atoms with Crippen molar-refractivity contribution in [3.63, 3.8) is 0 Å². The van der Waals surface area contributed by atoms with Gasteiger partial charge in [0.05, 0.1) is 12.5 Å². The van der Waals surface area contributed by atoms with E-state index in [9.17, 15) is 4.79 Å². The summed E-state index contributed by atoms with van der Waals surface area (Å²) in [6, 6.07) is 7.80. The number of carbonyl (C=O) groups is 1. The molecule has 0 bridgehead atoms. The van der Waals surface area contributed by atoms with Crippen molar-refractivity contribution in [3.05, 3.63) is 29.8 Å². The molecule has 0 atom stereocenters. The van der Waals surface area contributed by atoms with Gasteiger partial charge < -0.3 is 15.8 Å². The lowest BCUT2D eigenvalue weighted by Gasteiger charge is -2.13. The molecule has 0 radical (unpaired) electrons. The summed E-state index contributed by atoms with van der Waals surface area (Å²) >= 11 is 0. The third-order valence-electron chi connectivity index (χ3n) is 3.36. The van der Waals surface area contributed by atoms with Gasteiger partial charge in [-0.25, -0.2) is 0 Å². The van der Waals surface area contributed by atoms with Crippen LogP contribution < -0.4 is 15.8 Å². The van der Waals surface area contributed by atoms with Crippen molar-refractivity contribution in [2.24, 2.45) is 5.73 Å². The topological polar surface area (TPSA) is 64.3 Å². The van der Waals surface area contributed by atoms with E-state index in [-0.39, 0.29) is 5.91 Å². The maximum Gasteiger partial charge on any atom is 0.224 e. The molecule has 0 heterocycles. The fourth-order valence-electron chi connectivity index (χ4n) is 2.34. The van der Waals surface area contributed by atoms with Crippen LogP contribution in [0.15, 0.2) is 24.3 Å².